The molecule has 0 saturated carbocycles. The van der Waals surface area contributed by atoms with Crippen molar-refractivity contribution in [3.63, 3.8) is 0 Å². The summed E-state index contributed by atoms with van der Waals surface area (Å²) in [6.07, 6.45) is 2.37. The van der Waals surface area contributed by atoms with Crippen LogP contribution in [0, 0.1) is 6.92 Å². The number of amides is 1. The zero-order valence-electron chi connectivity index (χ0n) is 19.1. The van der Waals surface area contributed by atoms with Gasteiger partial charge >= 0.3 is 0 Å². The molecule has 0 spiro atoms. The van der Waals surface area contributed by atoms with Gasteiger partial charge in [-0.05, 0) is 44.0 Å². The number of carbonyl (C=O) groups excluding carboxylic acids is 1. The van der Waals surface area contributed by atoms with Crippen LogP contribution in [0.2, 0.25) is 5.02 Å². The summed E-state index contributed by atoms with van der Waals surface area (Å²) in [6, 6.07) is 7.23. The van der Waals surface area contributed by atoms with E-state index in [0.717, 1.165) is 24.1 Å². The Bertz CT molecular complexity index is 1130. The molecule has 180 valence electrons. The van der Waals surface area contributed by atoms with Crippen molar-refractivity contribution in [1.29, 1.82) is 0 Å². The van der Waals surface area contributed by atoms with Gasteiger partial charge in [0.15, 0.2) is 11.0 Å². The predicted molar refractivity (Wildman–Crippen MR) is 139 cm³/mol. The lowest BCUT2D eigenvalue weighted by Gasteiger charge is -2.11. The highest BCUT2D eigenvalue weighted by Gasteiger charge is 2.15. The van der Waals surface area contributed by atoms with Crippen LogP contribution in [0.3, 0.4) is 0 Å². The lowest BCUT2D eigenvalue weighted by molar-refractivity contribution is 0.103. The summed E-state index contributed by atoms with van der Waals surface area (Å²) in [5, 5.41) is 22.2. The normalized spacial score (nSPS) is 10.7. The summed E-state index contributed by atoms with van der Waals surface area (Å²) in [5.41, 5.74) is 2.19. The number of anilines is 4. The number of benzene rings is 1. The number of carbonyl (C=O) groups is 1. The fraction of sp³-hybridized carbons (Fsp3) is 0.304. The molecule has 0 atom stereocenters. The quantitative estimate of drug-likeness (QED) is 0.233. The number of nitrogens with zero attached hydrogens (tertiary/aromatic N) is 3. The second-order valence-electron chi connectivity index (χ2n) is 7.54. The maximum absolute atomic E-state index is 12.7. The monoisotopic (exact) mass is 501 g/mol. The number of nitrogens with one attached hydrogen (secondary N) is 4. The number of aliphatic hydroxyl groups is 1. The lowest BCUT2D eigenvalue weighted by Crippen LogP contribution is -2.21. The Labute approximate surface area is 207 Å². The minimum absolute atomic E-state index is 0.121. The first-order valence-electron chi connectivity index (χ1n) is 10.8. The first kappa shape index (κ1) is 25.6. The van der Waals surface area contributed by atoms with Crippen LogP contribution in [0.5, 0.6) is 0 Å². The topological polar surface area (TPSA) is 124 Å². The fourth-order valence-corrected chi connectivity index (χ4v) is 3.93. The maximum atomic E-state index is 12.7. The van der Waals surface area contributed by atoms with Crippen molar-refractivity contribution >= 4 is 56.9 Å². The van der Waals surface area contributed by atoms with E-state index in [1.54, 1.807) is 12.1 Å². The summed E-state index contributed by atoms with van der Waals surface area (Å²) in [7, 11) is 0. The van der Waals surface area contributed by atoms with Crippen LogP contribution >= 0.6 is 22.9 Å². The van der Waals surface area contributed by atoms with Crippen molar-refractivity contribution < 1.29 is 9.90 Å². The van der Waals surface area contributed by atoms with Crippen LogP contribution in [-0.2, 0) is 0 Å². The van der Waals surface area contributed by atoms with E-state index in [0.29, 0.717) is 51.3 Å². The molecule has 0 aliphatic carbocycles. The van der Waals surface area contributed by atoms with E-state index in [2.05, 4.69) is 42.8 Å². The van der Waals surface area contributed by atoms with Crippen molar-refractivity contribution in [2.75, 3.05) is 42.2 Å². The van der Waals surface area contributed by atoms with Gasteiger partial charge < -0.3 is 26.4 Å². The first-order valence-corrected chi connectivity index (χ1v) is 12.0. The third-order valence-corrected chi connectivity index (χ3v) is 5.88. The summed E-state index contributed by atoms with van der Waals surface area (Å²) >= 11 is 7.42. The molecule has 1 amide bonds. The molecule has 0 radical (unpaired) electrons. The van der Waals surface area contributed by atoms with E-state index in [-0.39, 0.29) is 12.5 Å². The van der Waals surface area contributed by atoms with Gasteiger partial charge in [-0.15, -0.1) is 0 Å². The van der Waals surface area contributed by atoms with E-state index in [4.69, 9.17) is 16.7 Å². The molecular formula is C23H28ClN7O2S. The fourth-order valence-electron chi connectivity index (χ4n) is 2.94. The van der Waals surface area contributed by atoms with E-state index >= 15 is 0 Å². The second-order valence-corrected chi connectivity index (χ2v) is 8.97. The van der Waals surface area contributed by atoms with Gasteiger partial charge in [-0.25, -0.2) is 15.0 Å². The molecule has 0 fully saturated rings. The summed E-state index contributed by atoms with van der Waals surface area (Å²) in [4.78, 5) is 26.4. The maximum Gasteiger partial charge on any atom is 0.267 e. The highest BCUT2D eigenvalue weighted by Crippen LogP contribution is 2.28. The van der Waals surface area contributed by atoms with Crippen molar-refractivity contribution in [2.45, 2.75) is 20.3 Å². The Hall–Kier alpha value is -3.05. The number of hydrogen-bond donors (Lipinski definition) is 5. The number of allylic oxidation sites excluding steroid dienone is 1. The molecule has 3 aromatic rings. The molecule has 0 saturated heterocycles. The van der Waals surface area contributed by atoms with Crippen LogP contribution in [-0.4, -0.2) is 52.2 Å². The first-order chi connectivity index (χ1) is 16.4. The van der Waals surface area contributed by atoms with E-state index in [1.807, 2.05) is 26.0 Å². The Morgan fingerprint density at radius 2 is 2.00 bits per heavy atom. The Kier molecular flexibility index (Phi) is 9.34. The minimum Gasteiger partial charge on any atom is -0.395 e. The number of hydrogen-bond acceptors (Lipinski definition) is 9. The summed E-state index contributed by atoms with van der Waals surface area (Å²) in [5.74, 6) is 1.41. The van der Waals surface area contributed by atoms with Gasteiger partial charge in [-0.2, -0.15) is 0 Å². The molecule has 9 nitrogen and oxygen atoms in total. The molecule has 2 aromatic heterocycles. The highest BCUT2D eigenvalue weighted by atomic mass is 35.5. The van der Waals surface area contributed by atoms with Gasteiger partial charge in [0.25, 0.3) is 5.91 Å². The molecule has 0 bridgehead atoms. The smallest absolute Gasteiger partial charge is 0.267 e. The molecule has 11 heteroatoms. The number of halogens is 1. The van der Waals surface area contributed by atoms with E-state index < -0.39 is 0 Å². The SMILES string of the molecule is C=C(C)c1nc(NCCCNCCO)cc(Nc2ncc(C(=O)Nc3c(C)cccc3Cl)s2)n1. The molecule has 0 unspecified atom stereocenters. The predicted octanol–water partition coefficient (Wildman–Crippen LogP) is 4.31. The molecule has 3 rings (SSSR count). The molecule has 34 heavy (non-hydrogen) atoms. The lowest BCUT2D eigenvalue weighted by atomic mass is 10.2. The van der Waals surface area contributed by atoms with Gasteiger partial charge in [-0.3, -0.25) is 4.79 Å². The average Bonchev–Trinajstić information content (AvgIpc) is 3.27. The highest BCUT2D eigenvalue weighted by molar-refractivity contribution is 7.17. The largest absolute Gasteiger partial charge is 0.395 e. The number of aromatic nitrogens is 3. The van der Waals surface area contributed by atoms with Crippen molar-refractivity contribution in [3.8, 4) is 0 Å². The molecular weight excluding hydrogens is 474 g/mol. The second kappa shape index (κ2) is 12.4. The van der Waals surface area contributed by atoms with Crippen LogP contribution in [0.4, 0.5) is 22.5 Å². The average molecular weight is 502 g/mol. The van der Waals surface area contributed by atoms with Crippen LogP contribution in [0.1, 0.15) is 34.4 Å². The van der Waals surface area contributed by atoms with Gasteiger partial charge in [0.2, 0.25) is 0 Å². The Morgan fingerprint density at radius 3 is 2.74 bits per heavy atom. The zero-order chi connectivity index (χ0) is 24.5. The van der Waals surface area contributed by atoms with Crippen LogP contribution < -0.4 is 21.3 Å². The zero-order valence-corrected chi connectivity index (χ0v) is 20.7. The third-order valence-electron chi connectivity index (χ3n) is 4.66. The van der Waals surface area contributed by atoms with Crippen molar-refractivity contribution in [3.05, 3.63) is 58.3 Å². The number of aliphatic hydroxyl groups excluding tert-OH is 1. The Balaban J connectivity index is 1.67. The van der Waals surface area contributed by atoms with Gasteiger partial charge in [0.05, 0.1) is 23.5 Å². The number of rotatable bonds is 12. The molecule has 2 heterocycles. The van der Waals surface area contributed by atoms with Crippen molar-refractivity contribution in [1.82, 2.24) is 20.3 Å². The summed E-state index contributed by atoms with van der Waals surface area (Å²) < 4.78 is 0. The van der Waals surface area contributed by atoms with Crippen LogP contribution in [0.25, 0.3) is 5.57 Å². The molecule has 5 N–H and O–H groups in total. The minimum atomic E-state index is -0.288. The number of para-hydroxylation sites is 1. The summed E-state index contributed by atoms with van der Waals surface area (Å²) in [6.45, 7) is 9.84. The number of thiazole rings is 1. The van der Waals surface area contributed by atoms with Gasteiger partial charge in [0.1, 0.15) is 16.5 Å². The molecule has 1 aromatic carbocycles. The molecule has 0 aliphatic heterocycles. The standard InChI is InChI=1S/C23H28ClN7O2S/c1-14(2)21-28-18(26-9-5-8-25-10-11-32)12-19(29-21)30-23-27-13-17(34-23)22(33)31-20-15(3)6-4-7-16(20)24/h4,6-7,12-13,25,32H,1,5,8-11H2,2-3H3,(H,31,33)(H2,26,27,28,29,30). The van der Waals surface area contributed by atoms with Gasteiger partial charge in [-0.1, -0.05) is 41.6 Å². The van der Waals surface area contributed by atoms with E-state index in [1.165, 1.54) is 17.5 Å². The van der Waals surface area contributed by atoms with Gasteiger partial charge in [0, 0.05) is 19.2 Å². The Morgan fingerprint density at radius 1 is 1.21 bits per heavy atom. The van der Waals surface area contributed by atoms with Crippen LogP contribution in [0.15, 0.2) is 37.0 Å². The number of aryl methyl sites for hydroxylation is 1. The molecule has 0 aliphatic rings. The van der Waals surface area contributed by atoms with Crippen molar-refractivity contribution in [2.24, 2.45) is 0 Å². The van der Waals surface area contributed by atoms with E-state index in [9.17, 15) is 4.79 Å². The third kappa shape index (κ3) is 7.22.